The van der Waals surface area contributed by atoms with Crippen LogP contribution in [0.1, 0.15) is 26.3 Å². The summed E-state index contributed by atoms with van der Waals surface area (Å²) in [4.78, 5) is 0. The Morgan fingerprint density at radius 3 is 2.73 bits per heavy atom. The molecule has 0 saturated carbocycles. The predicted molar refractivity (Wildman–Crippen MR) is 45.2 cm³/mol. The summed E-state index contributed by atoms with van der Waals surface area (Å²) in [6.45, 7) is 4.14. The quantitative estimate of drug-likeness (QED) is 0.708. The summed E-state index contributed by atoms with van der Waals surface area (Å²) in [5.41, 5.74) is 5.66. The number of hydrogen-bond donors (Lipinski definition) is 1. The van der Waals surface area contributed by atoms with E-state index < -0.39 is 0 Å². The van der Waals surface area contributed by atoms with E-state index in [1.165, 1.54) is 0 Å². The Morgan fingerprint density at radius 2 is 2.27 bits per heavy atom. The highest BCUT2D eigenvalue weighted by Crippen LogP contribution is 2.09. The van der Waals surface area contributed by atoms with E-state index in [-0.39, 0.29) is 6.04 Å². The van der Waals surface area contributed by atoms with Crippen LogP contribution < -0.4 is 5.73 Å². The molecule has 0 spiro atoms. The third-order valence-corrected chi connectivity index (χ3v) is 1.69. The lowest BCUT2D eigenvalue weighted by Gasteiger charge is -2.13. The lowest BCUT2D eigenvalue weighted by atomic mass is 10.1. The highest BCUT2D eigenvalue weighted by molar-refractivity contribution is 4.81. The van der Waals surface area contributed by atoms with E-state index in [9.17, 15) is 0 Å². The summed E-state index contributed by atoms with van der Waals surface area (Å²) < 4.78 is 1.93. The van der Waals surface area contributed by atoms with Crippen LogP contribution in [0, 0.1) is 0 Å². The van der Waals surface area contributed by atoms with Crippen LogP contribution in [0.4, 0.5) is 0 Å². The van der Waals surface area contributed by atoms with Gasteiger partial charge in [0.1, 0.15) is 0 Å². The number of aromatic nitrogens is 2. The van der Waals surface area contributed by atoms with Gasteiger partial charge >= 0.3 is 0 Å². The molecule has 0 aliphatic rings. The van der Waals surface area contributed by atoms with Gasteiger partial charge in [-0.3, -0.25) is 4.68 Å². The van der Waals surface area contributed by atoms with Crippen molar-refractivity contribution in [2.24, 2.45) is 5.73 Å². The van der Waals surface area contributed by atoms with Crippen molar-refractivity contribution in [3.63, 3.8) is 0 Å². The second-order valence-electron chi connectivity index (χ2n) is 3.05. The van der Waals surface area contributed by atoms with Crippen LogP contribution in [-0.4, -0.2) is 15.8 Å². The van der Waals surface area contributed by atoms with E-state index in [1.54, 1.807) is 6.20 Å². The topological polar surface area (TPSA) is 43.8 Å². The Balaban J connectivity index is 2.49. The molecule has 0 bridgehead atoms. The maximum absolute atomic E-state index is 5.66. The smallest absolute Gasteiger partial charge is 0.0505 e. The first-order valence-corrected chi connectivity index (χ1v) is 3.95. The molecule has 1 aromatic heterocycles. The minimum Gasteiger partial charge on any atom is -0.328 e. The SMILES string of the molecule is CC(N)CC(C)n1cccn1. The van der Waals surface area contributed by atoms with Crippen molar-refractivity contribution in [2.75, 3.05) is 0 Å². The highest BCUT2D eigenvalue weighted by atomic mass is 15.3. The average Bonchev–Trinajstić information content (AvgIpc) is 2.35. The molecule has 1 aromatic rings. The largest absolute Gasteiger partial charge is 0.328 e. The van der Waals surface area contributed by atoms with E-state index >= 15 is 0 Å². The first kappa shape index (κ1) is 8.27. The van der Waals surface area contributed by atoms with E-state index in [0.29, 0.717) is 6.04 Å². The normalized spacial score (nSPS) is 16.3. The molecule has 11 heavy (non-hydrogen) atoms. The van der Waals surface area contributed by atoms with E-state index in [2.05, 4.69) is 12.0 Å². The van der Waals surface area contributed by atoms with Crippen LogP contribution in [0.3, 0.4) is 0 Å². The number of hydrogen-bond acceptors (Lipinski definition) is 2. The lowest BCUT2D eigenvalue weighted by molar-refractivity contribution is 0.428. The van der Waals surface area contributed by atoms with Gasteiger partial charge in [-0.2, -0.15) is 5.10 Å². The molecule has 0 radical (unpaired) electrons. The maximum Gasteiger partial charge on any atom is 0.0505 e. The predicted octanol–water partition coefficient (Wildman–Crippen LogP) is 1.18. The van der Waals surface area contributed by atoms with Gasteiger partial charge in [-0.05, 0) is 26.3 Å². The Hall–Kier alpha value is -0.830. The van der Waals surface area contributed by atoms with Crippen LogP contribution >= 0.6 is 0 Å². The third kappa shape index (κ3) is 2.35. The third-order valence-electron chi connectivity index (χ3n) is 1.69. The van der Waals surface area contributed by atoms with Crippen LogP contribution in [0.15, 0.2) is 18.5 Å². The van der Waals surface area contributed by atoms with E-state index in [0.717, 1.165) is 6.42 Å². The molecule has 3 heteroatoms. The van der Waals surface area contributed by atoms with Crippen LogP contribution in [0.2, 0.25) is 0 Å². The molecule has 0 aliphatic heterocycles. The summed E-state index contributed by atoms with van der Waals surface area (Å²) >= 11 is 0. The number of nitrogens with zero attached hydrogens (tertiary/aromatic N) is 2. The molecule has 2 atom stereocenters. The summed E-state index contributed by atoms with van der Waals surface area (Å²) in [5, 5.41) is 4.13. The number of nitrogens with two attached hydrogens (primary N) is 1. The van der Waals surface area contributed by atoms with E-state index in [1.807, 2.05) is 23.9 Å². The minimum absolute atomic E-state index is 0.245. The van der Waals surface area contributed by atoms with Gasteiger partial charge < -0.3 is 5.73 Å². The second kappa shape index (κ2) is 3.53. The zero-order valence-electron chi connectivity index (χ0n) is 7.07. The maximum atomic E-state index is 5.66. The Bertz CT molecular complexity index is 191. The average molecular weight is 153 g/mol. The van der Waals surface area contributed by atoms with Gasteiger partial charge in [0, 0.05) is 18.4 Å². The zero-order chi connectivity index (χ0) is 8.27. The van der Waals surface area contributed by atoms with Crippen molar-refractivity contribution in [3.05, 3.63) is 18.5 Å². The van der Waals surface area contributed by atoms with Crippen molar-refractivity contribution in [3.8, 4) is 0 Å². The Morgan fingerprint density at radius 1 is 1.55 bits per heavy atom. The monoisotopic (exact) mass is 153 g/mol. The molecular formula is C8H15N3. The van der Waals surface area contributed by atoms with Crippen LogP contribution in [-0.2, 0) is 0 Å². The molecule has 1 heterocycles. The van der Waals surface area contributed by atoms with Crippen molar-refractivity contribution < 1.29 is 0 Å². The molecule has 2 unspecified atom stereocenters. The van der Waals surface area contributed by atoms with Gasteiger partial charge in [0.25, 0.3) is 0 Å². The molecule has 2 N–H and O–H groups in total. The standard InChI is InChI=1S/C8H15N3/c1-7(9)6-8(2)11-5-3-4-10-11/h3-5,7-8H,6,9H2,1-2H3. The summed E-state index contributed by atoms with van der Waals surface area (Å²) in [5.74, 6) is 0. The molecular weight excluding hydrogens is 138 g/mol. The molecule has 1 rings (SSSR count). The molecule has 0 aliphatic carbocycles. The minimum atomic E-state index is 0.245. The lowest BCUT2D eigenvalue weighted by Crippen LogP contribution is -2.20. The molecule has 0 saturated heterocycles. The first-order chi connectivity index (χ1) is 5.20. The summed E-state index contributed by atoms with van der Waals surface area (Å²) in [7, 11) is 0. The van der Waals surface area contributed by atoms with Crippen molar-refractivity contribution in [2.45, 2.75) is 32.4 Å². The molecule has 0 aromatic carbocycles. The number of rotatable bonds is 3. The van der Waals surface area contributed by atoms with Crippen LogP contribution in [0.25, 0.3) is 0 Å². The second-order valence-corrected chi connectivity index (χ2v) is 3.05. The van der Waals surface area contributed by atoms with Gasteiger partial charge in [-0.25, -0.2) is 0 Å². The van der Waals surface area contributed by atoms with Gasteiger partial charge in [-0.15, -0.1) is 0 Å². The molecule has 0 fully saturated rings. The molecule has 0 amide bonds. The first-order valence-electron chi connectivity index (χ1n) is 3.95. The van der Waals surface area contributed by atoms with Gasteiger partial charge in [-0.1, -0.05) is 0 Å². The highest BCUT2D eigenvalue weighted by Gasteiger charge is 2.05. The Kier molecular flexibility index (Phi) is 2.65. The molecule has 3 nitrogen and oxygen atoms in total. The fourth-order valence-corrected chi connectivity index (χ4v) is 1.19. The van der Waals surface area contributed by atoms with Gasteiger partial charge in [0.05, 0.1) is 6.04 Å². The fraction of sp³-hybridized carbons (Fsp3) is 0.625. The van der Waals surface area contributed by atoms with Crippen molar-refractivity contribution in [1.29, 1.82) is 0 Å². The van der Waals surface area contributed by atoms with Crippen molar-refractivity contribution in [1.82, 2.24) is 9.78 Å². The fourth-order valence-electron chi connectivity index (χ4n) is 1.19. The van der Waals surface area contributed by atoms with Gasteiger partial charge in [0.15, 0.2) is 0 Å². The van der Waals surface area contributed by atoms with Crippen molar-refractivity contribution >= 4 is 0 Å². The van der Waals surface area contributed by atoms with Crippen LogP contribution in [0.5, 0.6) is 0 Å². The van der Waals surface area contributed by atoms with E-state index in [4.69, 9.17) is 5.73 Å². The molecule has 62 valence electrons. The summed E-state index contributed by atoms with van der Waals surface area (Å²) in [6, 6.07) is 2.58. The zero-order valence-corrected chi connectivity index (χ0v) is 7.07. The Labute approximate surface area is 67.2 Å². The summed E-state index contributed by atoms with van der Waals surface area (Å²) in [6.07, 6.45) is 4.73. The van der Waals surface area contributed by atoms with Gasteiger partial charge in [0.2, 0.25) is 0 Å².